The molecule has 0 fully saturated rings. The van der Waals surface area contributed by atoms with Crippen LogP contribution in [-0.4, -0.2) is 50.5 Å². The zero-order valence-electron chi connectivity index (χ0n) is 20.3. The van der Waals surface area contributed by atoms with Crippen molar-refractivity contribution in [2.45, 2.75) is 52.6 Å². The summed E-state index contributed by atoms with van der Waals surface area (Å²) in [6.45, 7) is 6.50. The summed E-state index contributed by atoms with van der Waals surface area (Å²) < 4.78 is 26.1. The molecule has 0 radical (unpaired) electrons. The Kier molecular flexibility index (Phi) is 10.4. The lowest BCUT2D eigenvalue weighted by Crippen LogP contribution is -2.49. The second kappa shape index (κ2) is 12.8. The van der Waals surface area contributed by atoms with E-state index >= 15 is 0 Å². The molecule has 2 amide bonds. The van der Waals surface area contributed by atoms with Crippen LogP contribution in [0.4, 0.5) is 5.69 Å². The van der Waals surface area contributed by atoms with Gasteiger partial charge in [0.15, 0.2) is 0 Å². The third-order valence-corrected chi connectivity index (χ3v) is 6.89. The van der Waals surface area contributed by atoms with Crippen LogP contribution in [0.15, 0.2) is 48.5 Å². The predicted molar refractivity (Wildman–Crippen MR) is 137 cm³/mol. The number of nitrogens with one attached hydrogen (secondary N) is 1. The van der Waals surface area contributed by atoms with Crippen molar-refractivity contribution in [1.29, 1.82) is 0 Å². The zero-order valence-corrected chi connectivity index (χ0v) is 21.8. The number of carbonyl (C=O) groups excluding carboxylic acids is 2. The van der Waals surface area contributed by atoms with E-state index in [1.807, 2.05) is 39.0 Å². The SMILES string of the molecule is CCNC(=O)C(CC)N(Cc1ccc(Cl)cc1)C(=O)CCCN(c1cccc(C)c1)S(C)(=O)=O. The average molecular weight is 508 g/mol. The molecule has 0 aliphatic rings. The lowest BCUT2D eigenvalue weighted by molar-refractivity contribution is -0.141. The molecule has 9 heteroatoms. The summed E-state index contributed by atoms with van der Waals surface area (Å²) in [4.78, 5) is 27.6. The number of rotatable bonds is 12. The van der Waals surface area contributed by atoms with E-state index in [4.69, 9.17) is 11.6 Å². The molecule has 0 aliphatic carbocycles. The smallest absolute Gasteiger partial charge is 0.242 e. The molecule has 1 N–H and O–H groups in total. The minimum atomic E-state index is -3.52. The molecule has 0 saturated heterocycles. The number of hydrogen-bond acceptors (Lipinski definition) is 4. The molecule has 0 saturated carbocycles. The average Bonchev–Trinajstić information content (AvgIpc) is 2.77. The minimum Gasteiger partial charge on any atom is -0.355 e. The second-order valence-electron chi connectivity index (χ2n) is 8.24. The number of benzene rings is 2. The topological polar surface area (TPSA) is 86.8 Å². The molecule has 0 heterocycles. The van der Waals surface area contributed by atoms with Gasteiger partial charge in [0.1, 0.15) is 6.04 Å². The van der Waals surface area contributed by atoms with Crippen LogP contribution < -0.4 is 9.62 Å². The van der Waals surface area contributed by atoms with E-state index in [-0.39, 0.29) is 31.3 Å². The first kappa shape index (κ1) is 27.7. The van der Waals surface area contributed by atoms with E-state index in [1.54, 1.807) is 35.2 Å². The normalized spacial score (nSPS) is 12.1. The molecule has 0 aromatic heterocycles. The molecule has 2 aromatic rings. The Hall–Kier alpha value is -2.58. The highest BCUT2D eigenvalue weighted by atomic mass is 35.5. The molecule has 34 heavy (non-hydrogen) atoms. The summed E-state index contributed by atoms with van der Waals surface area (Å²) in [6.07, 6.45) is 2.06. The third-order valence-electron chi connectivity index (χ3n) is 5.44. The summed E-state index contributed by atoms with van der Waals surface area (Å²) in [6, 6.07) is 13.8. The van der Waals surface area contributed by atoms with E-state index in [0.29, 0.717) is 30.1 Å². The van der Waals surface area contributed by atoms with Crippen molar-refractivity contribution in [3.05, 3.63) is 64.7 Å². The molecule has 7 nitrogen and oxygen atoms in total. The Morgan fingerprint density at radius 3 is 2.32 bits per heavy atom. The molecule has 0 spiro atoms. The number of halogens is 1. The molecular weight excluding hydrogens is 474 g/mol. The summed E-state index contributed by atoms with van der Waals surface area (Å²) in [5.41, 5.74) is 2.38. The van der Waals surface area contributed by atoms with Crippen LogP contribution in [0.25, 0.3) is 0 Å². The van der Waals surface area contributed by atoms with Crippen molar-refractivity contribution in [3.8, 4) is 0 Å². The number of nitrogens with zero attached hydrogens (tertiary/aromatic N) is 2. The second-order valence-corrected chi connectivity index (χ2v) is 10.6. The van der Waals surface area contributed by atoms with Gasteiger partial charge in [0, 0.05) is 31.1 Å². The Bertz CT molecular complexity index is 1070. The fraction of sp³-hybridized carbons (Fsp3) is 0.440. The third kappa shape index (κ3) is 8.02. The van der Waals surface area contributed by atoms with Gasteiger partial charge in [0.2, 0.25) is 21.8 Å². The molecule has 2 rings (SSSR count). The maximum absolute atomic E-state index is 13.3. The predicted octanol–water partition coefficient (Wildman–Crippen LogP) is 4.14. The van der Waals surface area contributed by atoms with Crippen LogP contribution in [0.5, 0.6) is 0 Å². The van der Waals surface area contributed by atoms with Gasteiger partial charge in [-0.25, -0.2) is 8.42 Å². The number of hydrogen-bond donors (Lipinski definition) is 1. The van der Waals surface area contributed by atoms with Gasteiger partial charge in [-0.1, -0.05) is 42.8 Å². The van der Waals surface area contributed by atoms with Gasteiger partial charge in [-0.3, -0.25) is 13.9 Å². The monoisotopic (exact) mass is 507 g/mol. The van der Waals surface area contributed by atoms with Gasteiger partial charge in [-0.05, 0) is 62.1 Å². The summed E-state index contributed by atoms with van der Waals surface area (Å²) >= 11 is 5.99. The lowest BCUT2D eigenvalue weighted by Gasteiger charge is -2.31. The number of amides is 2. The number of carbonyl (C=O) groups is 2. The Labute approximate surface area is 208 Å². The van der Waals surface area contributed by atoms with Crippen molar-refractivity contribution in [3.63, 3.8) is 0 Å². The number of aryl methyl sites for hydroxylation is 1. The van der Waals surface area contributed by atoms with Gasteiger partial charge >= 0.3 is 0 Å². The van der Waals surface area contributed by atoms with E-state index < -0.39 is 16.1 Å². The van der Waals surface area contributed by atoms with Crippen molar-refractivity contribution >= 4 is 39.1 Å². The maximum Gasteiger partial charge on any atom is 0.242 e. The first-order chi connectivity index (χ1) is 16.1. The molecule has 1 unspecified atom stereocenters. The summed E-state index contributed by atoms with van der Waals surface area (Å²) in [7, 11) is -3.52. The van der Waals surface area contributed by atoms with E-state index in [2.05, 4.69) is 5.32 Å². The molecule has 186 valence electrons. The van der Waals surface area contributed by atoms with Crippen molar-refractivity contribution in [1.82, 2.24) is 10.2 Å². The molecule has 1 atom stereocenters. The Morgan fingerprint density at radius 2 is 1.76 bits per heavy atom. The van der Waals surface area contributed by atoms with Crippen molar-refractivity contribution < 1.29 is 18.0 Å². The van der Waals surface area contributed by atoms with Crippen LogP contribution in [0.1, 0.15) is 44.2 Å². The first-order valence-corrected chi connectivity index (χ1v) is 13.7. The van der Waals surface area contributed by atoms with Gasteiger partial charge in [-0.15, -0.1) is 0 Å². The minimum absolute atomic E-state index is 0.112. The Morgan fingerprint density at radius 1 is 1.09 bits per heavy atom. The first-order valence-electron chi connectivity index (χ1n) is 11.4. The highest BCUT2D eigenvalue weighted by molar-refractivity contribution is 7.92. The van der Waals surface area contributed by atoms with Crippen molar-refractivity contribution in [2.75, 3.05) is 23.7 Å². The van der Waals surface area contributed by atoms with Gasteiger partial charge in [0.05, 0.1) is 11.9 Å². The summed E-state index contributed by atoms with van der Waals surface area (Å²) in [5.74, 6) is -0.407. The molecule has 0 bridgehead atoms. The summed E-state index contributed by atoms with van der Waals surface area (Å²) in [5, 5.41) is 3.40. The molecule has 0 aliphatic heterocycles. The van der Waals surface area contributed by atoms with Crippen molar-refractivity contribution in [2.24, 2.45) is 0 Å². The van der Waals surface area contributed by atoms with E-state index in [9.17, 15) is 18.0 Å². The maximum atomic E-state index is 13.3. The van der Waals surface area contributed by atoms with Crippen LogP contribution in [0, 0.1) is 6.92 Å². The standard InChI is InChI=1S/C25H34ClN3O4S/c1-5-23(25(31)27-6-2)28(18-20-12-14-21(26)15-13-20)24(30)11-8-16-29(34(4,32)33)22-10-7-9-19(3)17-22/h7,9-10,12-15,17,23H,5-6,8,11,16,18H2,1-4H3,(H,27,31). The van der Waals surface area contributed by atoms with Crippen LogP contribution in [0.2, 0.25) is 5.02 Å². The lowest BCUT2D eigenvalue weighted by atomic mass is 10.1. The largest absolute Gasteiger partial charge is 0.355 e. The van der Waals surface area contributed by atoms with Crippen LogP contribution in [0.3, 0.4) is 0 Å². The van der Waals surface area contributed by atoms with Crippen LogP contribution in [-0.2, 0) is 26.2 Å². The fourth-order valence-electron chi connectivity index (χ4n) is 3.79. The zero-order chi connectivity index (χ0) is 25.3. The van der Waals surface area contributed by atoms with Gasteiger partial charge in [-0.2, -0.15) is 0 Å². The quantitative estimate of drug-likeness (QED) is 0.467. The molecular formula is C25H34ClN3O4S. The number of sulfonamides is 1. The van der Waals surface area contributed by atoms with E-state index in [1.165, 1.54) is 4.31 Å². The van der Waals surface area contributed by atoms with Gasteiger partial charge in [0.25, 0.3) is 0 Å². The Balaban J connectivity index is 2.19. The number of anilines is 1. The van der Waals surface area contributed by atoms with E-state index in [0.717, 1.165) is 17.4 Å². The number of likely N-dealkylation sites (N-methyl/N-ethyl adjacent to an activating group) is 1. The highest BCUT2D eigenvalue weighted by Crippen LogP contribution is 2.21. The fourth-order valence-corrected chi connectivity index (χ4v) is 4.87. The highest BCUT2D eigenvalue weighted by Gasteiger charge is 2.28. The van der Waals surface area contributed by atoms with Gasteiger partial charge < -0.3 is 10.2 Å². The molecule has 2 aromatic carbocycles. The van der Waals surface area contributed by atoms with Crippen LogP contribution >= 0.6 is 11.6 Å².